The molecule has 0 aromatic carbocycles. The molecule has 1 aliphatic rings. The van der Waals surface area contributed by atoms with Gasteiger partial charge in [-0.05, 0) is 52.2 Å². The number of piperidine rings is 1. The molecule has 0 radical (unpaired) electrons. The Bertz CT molecular complexity index is 167. The number of hydrogen-bond donors (Lipinski definition) is 0. The monoisotopic (exact) mass is 195 g/mol. The van der Waals surface area contributed by atoms with E-state index < -0.39 is 0 Å². The number of hydrogen-bond acceptors (Lipinski definition) is 1. The maximum Gasteiger partial charge on any atom is 0.00912 e. The summed E-state index contributed by atoms with van der Waals surface area (Å²) in [5.41, 5.74) is 0. The Kier molecular flexibility index (Phi) is 8.78. The molecule has 1 heteroatoms. The lowest BCUT2D eigenvalue weighted by molar-refractivity contribution is 0.213. The van der Waals surface area contributed by atoms with Gasteiger partial charge in [0.1, 0.15) is 0 Å². The summed E-state index contributed by atoms with van der Waals surface area (Å²) in [6.07, 6.45) is 5.17. The van der Waals surface area contributed by atoms with E-state index in [9.17, 15) is 0 Å². The Morgan fingerprint density at radius 2 is 1.79 bits per heavy atom. The van der Waals surface area contributed by atoms with Crippen LogP contribution in [0.5, 0.6) is 0 Å². The van der Waals surface area contributed by atoms with Crippen LogP contribution in [0.1, 0.15) is 46.5 Å². The number of likely N-dealkylation sites (tertiary alicyclic amines) is 1. The lowest BCUT2D eigenvalue weighted by Crippen LogP contribution is -2.30. The third-order valence-corrected chi connectivity index (χ3v) is 2.69. The molecule has 0 spiro atoms. The second kappa shape index (κ2) is 9.09. The first-order valence-corrected chi connectivity index (χ1v) is 5.91. The SMILES string of the molecule is CC.CC#CCCC1CCN(C)CC1. The molecule has 82 valence electrons. The molecule has 0 amide bonds. The minimum absolute atomic E-state index is 0.946. The fourth-order valence-electron chi connectivity index (χ4n) is 1.75. The Hall–Kier alpha value is -0.480. The number of rotatable bonds is 2. The standard InChI is InChI=1S/C11H19N.C2H6/c1-3-4-5-6-11-7-9-12(2)10-8-11;1-2/h11H,5-10H2,1-2H3;1-2H3. The molecule has 0 aliphatic carbocycles. The Morgan fingerprint density at radius 3 is 2.29 bits per heavy atom. The van der Waals surface area contributed by atoms with Crippen LogP contribution in [0.25, 0.3) is 0 Å². The van der Waals surface area contributed by atoms with Crippen molar-refractivity contribution < 1.29 is 0 Å². The van der Waals surface area contributed by atoms with Crippen molar-refractivity contribution in [2.24, 2.45) is 5.92 Å². The molecule has 1 heterocycles. The first-order chi connectivity index (χ1) is 6.83. The van der Waals surface area contributed by atoms with Crippen molar-refractivity contribution in [3.05, 3.63) is 0 Å². The summed E-state index contributed by atoms with van der Waals surface area (Å²) in [7, 11) is 2.21. The van der Waals surface area contributed by atoms with Crippen LogP contribution in [0.15, 0.2) is 0 Å². The van der Waals surface area contributed by atoms with Crippen molar-refractivity contribution in [2.45, 2.75) is 46.5 Å². The summed E-state index contributed by atoms with van der Waals surface area (Å²) in [4.78, 5) is 2.42. The second-order valence-electron chi connectivity index (χ2n) is 3.71. The molecular weight excluding hydrogens is 170 g/mol. The summed E-state index contributed by atoms with van der Waals surface area (Å²) in [5, 5.41) is 0. The van der Waals surface area contributed by atoms with Crippen molar-refractivity contribution >= 4 is 0 Å². The molecule has 14 heavy (non-hydrogen) atoms. The van der Waals surface area contributed by atoms with E-state index in [-0.39, 0.29) is 0 Å². The van der Waals surface area contributed by atoms with E-state index in [1.54, 1.807) is 0 Å². The van der Waals surface area contributed by atoms with E-state index in [0.29, 0.717) is 0 Å². The van der Waals surface area contributed by atoms with Crippen LogP contribution in [-0.4, -0.2) is 25.0 Å². The van der Waals surface area contributed by atoms with Crippen molar-refractivity contribution in [1.29, 1.82) is 0 Å². The van der Waals surface area contributed by atoms with Gasteiger partial charge in [-0.1, -0.05) is 13.8 Å². The molecule has 0 atom stereocenters. The van der Waals surface area contributed by atoms with E-state index in [0.717, 1.165) is 12.3 Å². The lowest BCUT2D eigenvalue weighted by Gasteiger charge is -2.28. The summed E-state index contributed by atoms with van der Waals surface area (Å²) in [6.45, 7) is 8.49. The third kappa shape index (κ3) is 6.05. The van der Waals surface area contributed by atoms with Crippen LogP contribution in [0.2, 0.25) is 0 Å². The van der Waals surface area contributed by atoms with Gasteiger partial charge in [-0.3, -0.25) is 0 Å². The first kappa shape index (κ1) is 13.5. The fraction of sp³-hybridized carbons (Fsp3) is 0.846. The van der Waals surface area contributed by atoms with Crippen LogP contribution in [-0.2, 0) is 0 Å². The topological polar surface area (TPSA) is 3.24 Å². The maximum absolute atomic E-state index is 3.14. The van der Waals surface area contributed by atoms with Crippen LogP contribution in [0.4, 0.5) is 0 Å². The number of nitrogens with zero attached hydrogens (tertiary/aromatic N) is 1. The predicted molar refractivity (Wildman–Crippen MR) is 64.3 cm³/mol. The van der Waals surface area contributed by atoms with E-state index in [2.05, 4.69) is 23.8 Å². The van der Waals surface area contributed by atoms with E-state index in [1.807, 2.05) is 20.8 Å². The summed E-state index contributed by atoms with van der Waals surface area (Å²) >= 11 is 0. The van der Waals surface area contributed by atoms with Gasteiger partial charge in [0.2, 0.25) is 0 Å². The molecule has 1 fully saturated rings. The molecule has 1 aliphatic heterocycles. The lowest BCUT2D eigenvalue weighted by atomic mass is 9.93. The molecule has 1 rings (SSSR count). The molecule has 1 nitrogen and oxygen atoms in total. The van der Waals surface area contributed by atoms with Crippen molar-refractivity contribution in [2.75, 3.05) is 20.1 Å². The van der Waals surface area contributed by atoms with E-state index >= 15 is 0 Å². The van der Waals surface area contributed by atoms with E-state index in [1.165, 1.54) is 32.4 Å². The smallest absolute Gasteiger partial charge is 0.00912 e. The van der Waals surface area contributed by atoms with Crippen molar-refractivity contribution in [3.8, 4) is 11.8 Å². The van der Waals surface area contributed by atoms with Gasteiger partial charge in [0.25, 0.3) is 0 Å². The summed E-state index contributed by atoms with van der Waals surface area (Å²) in [6, 6.07) is 0. The second-order valence-corrected chi connectivity index (χ2v) is 3.71. The highest BCUT2D eigenvalue weighted by Crippen LogP contribution is 2.20. The largest absolute Gasteiger partial charge is 0.306 e. The molecule has 0 saturated carbocycles. The van der Waals surface area contributed by atoms with Gasteiger partial charge in [-0.25, -0.2) is 0 Å². The minimum atomic E-state index is 0.946. The Morgan fingerprint density at radius 1 is 1.21 bits per heavy atom. The molecule has 0 unspecified atom stereocenters. The fourth-order valence-corrected chi connectivity index (χ4v) is 1.75. The van der Waals surface area contributed by atoms with Crippen LogP contribution >= 0.6 is 0 Å². The van der Waals surface area contributed by atoms with Crippen molar-refractivity contribution in [3.63, 3.8) is 0 Å². The molecule has 0 N–H and O–H groups in total. The molecular formula is C13H25N. The van der Waals surface area contributed by atoms with Gasteiger partial charge < -0.3 is 4.90 Å². The van der Waals surface area contributed by atoms with Crippen LogP contribution < -0.4 is 0 Å². The quantitative estimate of drug-likeness (QED) is 0.612. The normalized spacial score (nSPS) is 17.7. The maximum atomic E-state index is 3.14. The average Bonchev–Trinajstić information content (AvgIpc) is 2.24. The predicted octanol–water partition coefficient (Wildman–Crippen LogP) is 3.16. The Labute approximate surface area is 89.9 Å². The summed E-state index contributed by atoms with van der Waals surface area (Å²) in [5.74, 6) is 7.05. The highest BCUT2D eigenvalue weighted by atomic mass is 15.1. The zero-order valence-electron chi connectivity index (χ0n) is 10.3. The zero-order chi connectivity index (χ0) is 10.8. The van der Waals surface area contributed by atoms with E-state index in [4.69, 9.17) is 0 Å². The molecule has 0 aromatic heterocycles. The highest BCUT2D eigenvalue weighted by Gasteiger charge is 2.15. The van der Waals surface area contributed by atoms with Crippen LogP contribution in [0.3, 0.4) is 0 Å². The first-order valence-electron chi connectivity index (χ1n) is 5.91. The minimum Gasteiger partial charge on any atom is -0.306 e. The highest BCUT2D eigenvalue weighted by molar-refractivity contribution is 4.95. The third-order valence-electron chi connectivity index (χ3n) is 2.69. The zero-order valence-corrected chi connectivity index (χ0v) is 10.3. The molecule has 1 saturated heterocycles. The molecule has 0 aromatic rings. The van der Waals surface area contributed by atoms with Gasteiger partial charge in [-0.2, -0.15) is 0 Å². The van der Waals surface area contributed by atoms with Gasteiger partial charge in [0.15, 0.2) is 0 Å². The van der Waals surface area contributed by atoms with Gasteiger partial charge >= 0.3 is 0 Å². The van der Waals surface area contributed by atoms with Gasteiger partial charge in [-0.15, -0.1) is 11.8 Å². The van der Waals surface area contributed by atoms with Crippen molar-refractivity contribution in [1.82, 2.24) is 4.90 Å². The van der Waals surface area contributed by atoms with Gasteiger partial charge in [0.05, 0.1) is 0 Å². The average molecular weight is 195 g/mol. The Balaban J connectivity index is 0.000000791. The summed E-state index contributed by atoms with van der Waals surface area (Å²) < 4.78 is 0. The molecule has 0 bridgehead atoms. The van der Waals surface area contributed by atoms with Crippen LogP contribution in [0, 0.1) is 17.8 Å². The van der Waals surface area contributed by atoms with Gasteiger partial charge in [0, 0.05) is 6.42 Å².